The Labute approximate surface area is 349 Å². The molecule has 0 aliphatic heterocycles. The zero-order valence-corrected chi connectivity index (χ0v) is 37.4. The fourth-order valence-corrected chi connectivity index (χ4v) is 7.30. The molecule has 4 nitrogen and oxygen atoms in total. The van der Waals surface area contributed by atoms with Crippen molar-refractivity contribution >= 4 is 5.91 Å². The van der Waals surface area contributed by atoms with E-state index < -0.39 is 12.1 Å². The molecule has 0 saturated carbocycles. The Morgan fingerprint density at radius 3 is 1.14 bits per heavy atom. The largest absolute Gasteiger partial charge is 0.394 e. The van der Waals surface area contributed by atoms with Crippen LogP contribution < -0.4 is 5.32 Å². The van der Waals surface area contributed by atoms with E-state index in [1.165, 1.54) is 173 Å². The van der Waals surface area contributed by atoms with Crippen molar-refractivity contribution in [2.75, 3.05) is 6.61 Å². The predicted molar refractivity (Wildman–Crippen MR) is 248 cm³/mol. The second kappa shape index (κ2) is 47.5. The molecule has 0 rings (SSSR count). The molecule has 3 N–H and O–H groups in total. The Morgan fingerprint density at radius 2 is 0.786 bits per heavy atom. The van der Waals surface area contributed by atoms with E-state index in [0.717, 1.165) is 51.4 Å². The van der Waals surface area contributed by atoms with Gasteiger partial charge in [-0.3, -0.25) is 4.79 Å². The lowest BCUT2D eigenvalue weighted by atomic mass is 10.0. The molecule has 0 bridgehead atoms. The number of aliphatic hydroxyl groups is 2. The molecule has 0 aromatic carbocycles. The highest BCUT2D eigenvalue weighted by molar-refractivity contribution is 5.76. The smallest absolute Gasteiger partial charge is 0.220 e. The van der Waals surface area contributed by atoms with E-state index in [1.807, 2.05) is 6.08 Å². The molecular formula is C52H95NO3. The number of amides is 1. The quantitative estimate of drug-likeness (QED) is 0.0426. The van der Waals surface area contributed by atoms with Crippen molar-refractivity contribution in [3.63, 3.8) is 0 Å². The van der Waals surface area contributed by atoms with Gasteiger partial charge in [-0.1, -0.05) is 248 Å². The summed E-state index contributed by atoms with van der Waals surface area (Å²) in [5.41, 5.74) is 0. The Balaban J connectivity index is 3.27. The highest BCUT2D eigenvalue weighted by Gasteiger charge is 2.17. The van der Waals surface area contributed by atoms with Crippen molar-refractivity contribution in [3.8, 4) is 0 Å². The molecule has 0 spiro atoms. The number of carbonyl (C=O) groups excluding carboxylic acids is 1. The molecule has 0 aliphatic rings. The summed E-state index contributed by atoms with van der Waals surface area (Å²) in [5.74, 6) is -0.0736. The van der Waals surface area contributed by atoms with E-state index in [2.05, 4.69) is 67.8 Å². The van der Waals surface area contributed by atoms with Crippen LogP contribution in [0.25, 0.3) is 0 Å². The van der Waals surface area contributed by atoms with Gasteiger partial charge in [-0.05, 0) is 51.4 Å². The van der Waals surface area contributed by atoms with Crippen LogP contribution in [0.4, 0.5) is 0 Å². The number of aliphatic hydroxyl groups excluding tert-OH is 2. The average Bonchev–Trinajstić information content (AvgIpc) is 3.20. The summed E-state index contributed by atoms with van der Waals surface area (Å²) in [6.45, 7) is 4.00. The van der Waals surface area contributed by atoms with Gasteiger partial charge >= 0.3 is 0 Å². The van der Waals surface area contributed by atoms with Gasteiger partial charge in [0.25, 0.3) is 0 Å². The number of carbonyl (C=O) groups is 1. The van der Waals surface area contributed by atoms with E-state index >= 15 is 0 Å². The normalized spacial score (nSPS) is 13.4. The second-order valence-corrected chi connectivity index (χ2v) is 16.5. The second-order valence-electron chi connectivity index (χ2n) is 16.5. The lowest BCUT2D eigenvalue weighted by Gasteiger charge is -2.19. The Kier molecular flexibility index (Phi) is 45.8. The molecule has 4 heteroatoms. The number of unbranched alkanes of at least 4 members (excludes halogenated alkanes) is 29. The van der Waals surface area contributed by atoms with Crippen LogP contribution in [0.3, 0.4) is 0 Å². The number of nitrogens with one attached hydrogen (secondary N) is 1. The summed E-state index contributed by atoms with van der Waals surface area (Å²) in [5, 5.41) is 22.4. The highest BCUT2D eigenvalue weighted by Crippen LogP contribution is 2.17. The molecular weight excluding hydrogens is 687 g/mol. The number of allylic oxidation sites excluding steroid dienone is 9. The SMILES string of the molecule is CC/C=C\C/C=C\C/C=C\C/C=C\CCCCCCCCCCCCCCCCCCCCCCCCCCCCCCC(=O)NC(CO)C(O)/C=C/CCC. The number of rotatable bonds is 44. The van der Waals surface area contributed by atoms with Gasteiger partial charge in [-0.2, -0.15) is 0 Å². The van der Waals surface area contributed by atoms with E-state index in [0.29, 0.717) is 6.42 Å². The minimum absolute atomic E-state index is 0.0736. The topological polar surface area (TPSA) is 69.6 Å². The molecule has 0 saturated heterocycles. The first-order valence-corrected chi connectivity index (χ1v) is 24.5. The molecule has 0 heterocycles. The number of hydrogen-bond acceptors (Lipinski definition) is 3. The van der Waals surface area contributed by atoms with Crippen molar-refractivity contribution in [3.05, 3.63) is 60.8 Å². The summed E-state index contributed by atoms with van der Waals surface area (Å²) in [6, 6.07) is -0.616. The first-order valence-electron chi connectivity index (χ1n) is 24.5. The minimum atomic E-state index is -0.833. The molecule has 1 amide bonds. The van der Waals surface area contributed by atoms with Crippen LogP contribution in [0, 0.1) is 0 Å². The molecule has 0 radical (unpaired) electrons. The molecule has 2 unspecified atom stereocenters. The van der Waals surface area contributed by atoms with Crippen LogP contribution in [-0.4, -0.2) is 34.9 Å². The Hall–Kier alpha value is -1.91. The van der Waals surface area contributed by atoms with Gasteiger partial charge in [0, 0.05) is 6.42 Å². The maximum Gasteiger partial charge on any atom is 0.220 e. The van der Waals surface area contributed by atoms with Crippen molar-refractivity contribution in [2.45, 2.75) is 257 Å². The maximum atomic E-state index is 12.2. The standard InChI is InChI=1S/C52H95NO3/c1-3-5-7-8-9-10-11-12-13-14-15-16-17-18-19-20-21-22-23-24-25-26-27-28-29-30-31-32-33-34-35-36-37-38-39-40-41-42-43-44-46-48-52(56)53-50(49-54)51(55)47-45-6-4-2/h5,7,9-10,12-13,15-16,45,47,50-51,54-55H,3-4,6,8,11,14,17-44,46,48-49H2,1-2H3,(H,53,56)/b7-5-,10-9-,13-12-,16-15-,47-45+. The van der Waals surface area contributed by atoms with E-state index in [-0.39, 0.29) is 12.5 Å². The van der Waals surface area contributed by atoms with Crippen molar-refractivity contribution in [2.24, 2.45) is 0 Å². The van der Waals surface area contributed by atoms with Gasteiger partial charge in [-0.25, -0.2) is 0 Å². The molecule has 2 atom stereocenters. The van der Waals surface area contributed by atoms with Gasteiger partial charge < -0.3 is 15.5 Å². The Morgan fingerprint density at radius 1 is 0.446 bits per heavy atom. The lowest BCUT2D eigenvalue weighted by molar-refractivity contribution is -0.123. The molecule has 0 fully saturated rings. The minimum Gasteiger partial charge on any atom is -0.394 e. The first kappa shape index (κ1) is 54.1. The van der Waals surface area contributed by atoms with Gasteiger partial charge in [0.2, 0.25) is 5.91 Å². The summed E-state index contributed by atoms with van der Waals surface area (Å²) >= 11 is 0. The van der Waals surface area contributed by atoms with Crippen LogP contribution in [0.15, 0.2) is 60.8 Å². The summed E-state index contributed by atoms with van der Waals surface area (Å²) in [7, 11) is 0. The van der Waals surface area contributed by atoms with Crippen molar-refractivity contribution in [1.29, 1.82) is 0 Å². The van der Waals surface area contributed by atoms with Gasteiger partial charge in [0.15, 0.2) is 0 Å². The van der Waals surface area contributed by atoms with Crippen LogP contribution in [0.2, 0.25) is 0 Å². The molecule has 56 heavy (non-hydrogen) atoms. The predicted octanol–water partition coefficient (Wildman–Crippen LogP) is 15.7. The monoisotopic (exact) mass is 782 g/mol. The fraction of sp³-hybridized carbons (Fsp3) is 0.788. The van der Waals surface area contributed by atoms with Crippen molar-refractivity contribution in [1.82, 2.24) is 5.32 Å². The number of hydrogen-bond donors (Lipinski definition) is 3. The third-order valence-electron chi connectivity index (χ3n) is 11.0. The highest BCUT2D eigenvalue weighted by atomic mass is 16.3. The Bertz CT molecular complexity index is 934. The lowest BCUT2D eigenvalue weighted by Crippen LogP contribution is -2.45. The third kappa shape index (κ3) is 43.2. The van der Waals surface area contributed by atoms with E-state index in [9.17, 15) is 15.0 Å². The molecule has 0 aliphatic carbocycles. The fourth-order valence-electron chi connectivity index (χ4n) is 7.30. The van der Waals surface area contributed by atoms with Gasteiger partial charge in [0.05, 0.1) is 18.8 Å². The van der Waals surface area contributed by atoms with Crippen LogP contribution in [0.1, 0.15) is 245 Å². The maximum absolute atomic E-state index is 12.2. The van der Waals surface area contributed by atoms with Gasteiger partial charge in [-0.15, -0.1) is 0 Å². The molecule has 326 valence electrons. The first-order chi connectivity index (χ1) is 27.7. The summed E-state index contributed by atoms with van der Waals surface area (Å²) in [6.07, 6.45) is 67.4. The van der Waals surface area contributed by atoms with Crippen LogP contribution >= 0.6 is 0 Å². The zero-order valence-electron chi connectivity index (χ0n) is 37.4. The third-order valence-corrected chi connectivity index (χ3v) is 11.0. The zero-order chi connectivity index (χ0) is 40.7. The van der Waals surface area contributed by atoms with Crippen LogP contribution in [-0.2, 0) is 4.79 Å². The van der Waals surface area contributed by atoms with Crippen molar-refractivity contribution < 1.29 is 15.0 Å². The summed E-state index contributed by atoms with van der Waals surface area (Å²) in [4.78, 5) is 12.2. The van der Waals surface area contributed by atoms with Crippen LogP contribution in [0.5, 0.6) is 0 Å². The molecule has 0 aromatic heterocycles. The summed E-state index contributed by atoms with van der Waals surface area (Å²) < 4.78 is 0. The van der Waals surface area contributed by atoms with E-state index in [1.54, 1.807) is 6.08 Å². The van der Waals surface area contributed by atoms with E-state index in [4.69, 9.17) is 0 Å². The molecule has 0 aromatic rings. The average molecular weight is 782 g/mol. The van der Waals surface area contributed by atoms with Gasteiger partial charge in [0.1, 0.15) is 0 Å².